The Morgan fingerprint density at radius 1 is 1.06 bits per heavy atom. The first-order chi connectivity index (χ1) is 7.97. The molecular formula is C14H22N2O. The van der Waals surface area contributed by atoms with E-state index < -0.39 is 0 Å². The maximum atomic E-state index is 9.49. The maximum Gasteiger partial charge on any atom is 0.117 e. The summed E-state index contributed by atoms with van der Waals surface area (Å²) in [6.07, 6.45) is 0. The Labute approximate surface area is 104 Å². The molecule has 0 bridgehead atoms. The zero-order chi connectivity index (χ0) is 12.5. The zero-order valence-corrected chi connectivity index (χ0v) is 11.0. The summed E-state index contributed by atoms with van der Waals surface area (Å²) in [5, 5.41) is 9.49. The van der Waals surface area contributed by atoms with Gasteiger partial charge in [-0.2, -0.15) is 0 Å². The fourth-order valence-electron chi connectivity index (χ4n) is 2.33. The van der Waals surface area contributed by atoms with Crippen LogP contribution in [-0.2, 0) is 0 Å². The molecule has 1 aromatic rings. The van der Waals surface area contributed by atoms with Gasteiger partial charge in [0.25, 0.3) is 0 Å². The SMILES string of the molecule is CC(C)(C)N1CCN(c2cccc(O)c2)CC1. The molecule has 0 atom stereocenters. The van der Waals surface area contributed by atoms with E-state index in [-0.39, 0.29) is 5.54 Å². The average molecular weight is 234 g/mol. The highest BCUT2D eigenvalue weighted by Gasteiger charge is 2.25. The predicted octanol–water partition coefficient (Wildman–Crippen LogP) is 2.31. The number of hydrogen-bond acceptors (Lipinski definition) is 3. The summed E-state index contributed by atoms with van der Waals surface area (Å²) in [6, 6.07) is 7.52. The number of phenols is 1. The standard InChI is InChI=1S/C14H22N2O/c1-14(2,3)16-9-7-15(8-10-16)12-5-4-6-13(17)11-12/h4-6,11,17H,7-10H2,1-3H3. The van der Waals surface area contributed by atoms with Gasteiger partial charge in [0.15, 0.2) is 0 Å². The number of nitrogens with zero attached hydrogens (tertiary/aromatic N) is 2. The van der Waals surface area contributed by atoms with Gasteiger partial charge in [0.2, 0.25) is 0 Å². The van der Waals surface area contributed by atoms with Crippen LogP contribution in [0.15, 0.2) is 24.3 Å². The van der Waals surface area contributed by atoms with E-state index >= 15 is 0 Å². The third kappa shape index (κ3) is 2.91. The van der Waals surface area contributed by atoms with Crippen LogP contribution in [0.3, 0.4) is 0 Å². The second kappa shape index (κ2) is 4.57. The van der Waals surface area contributed by atoms with E-state index in [2.05, 4.69) is 36.6 Å². The summed E-state index contributed by atoms with van der Waals surface area (Å²) in [5.74, 6) is 0.348. The highest BCUT2D eigenvalue weighted by atomic mass is 16.3. The molecule has 3 heteroatoms. The molecule has 1 heterocycles. The summed E-state index contributed by atoms with van der Waals surface area (Å²) in [4.78, 5) is 4.84. The minimum absolute atomic E-state index is 0.255. The van der Waals surface area contributed by atoms with E-state index in [0.29, 0.717) is 5.75 Å². The molecule has 1 saturated heterocycles. The molecule has 2 rings (SSSR count). The first-order valence-electron chi connectivity index (χ1n) is 6.26. The lowest BCUT2D eigenvalue weighted by atomic mass is 10.0. The Morgan fingerprint density at radius 3 is 2.24 bits per heavy atom. The molecule has 0 unspecified atom stereocenters. The minimum atomic E-state index is 0.255. The Morgan fingerprint density at radius 2 is 1.71 bits per heavy atom. The third-order valence-corrected chi connectivity index (χ3v) is 3.42. The van der Waals surface area contributed by atoms with Gasteiger partial charge >= 0.3 is 0 Å². The van der Waals surface area contributed by atoms with Crippen molar-refractivity contribution in [3.05, 3.63) is 24.3 Å². The van der Waals surface area contributed by atoms with E-state index in [4.69, 9.17) is 0 Å². The summed E-state index contributed by atoms with van der Waals surface area (Å²) < 4.78 is 0. The van der Waals surface area contributed by atoms with Crippen LogP contribution in [0, 0.1) is 0 Å². The highest BCUT2D eigenvalue weighted by Crippen LogP contribution is 2.23. The molecule has 1 fully saturated rings. The summed E-state index contributed by atoms with van der Waals surface area (Å²) in [5.41, 5.74) is 1.38. The average Bonchev–Trinajstić information content (AvgIpc) is 2.28. The predicted molar refractivity (Wildman–Crippen MR) is 71.6 cm³/mol. The van der Waals surface area contributed by atoms with Crippen molar-refractivity contribution in [2.24, 2.45) is 0 Å². The lowest BCUT2D eigenvalue weighted by Gasteiger charge is -2.43. The Bertz CT molecular complexity index is 376. The lowest BCUT2D eigenvalue weighted by Crippen LogP contribution is -2.53. The van der Waals surface area contributed by atoms with Crippen molar-refractivity contribution < 1.29 is 5.11 Å². The van der Waals surface area contributed by atoms with E-state index in [1.165, 1.54) is 0 Å². The number of rotatable bonds is 1. The number of hydrogen-bond donors (Lipinski definition) is 1. The van der Waals surface area contributed by atoms with E-state index in [1.54, 1.807) is 6.07 Å². The molecule has 1 aromatic carbocycles. The van der Waals surface area contributed by atoms with Gasteiger partial charge in [-0.25, -0.2) is 0 Å². The quantitative estimate of drug-likeness (QED) is 0.808. The van der Waals surface area contributed by atoms with Gasteiger partial charge in [-0.3, -0.25) is 4.90 Å². The van der Waals surface area contributed by atoms with Crippen LogP contribution in [0.25, 0.3) is 0 Å². The first kappa shape index (κ1) is 12.2. The van der Waals surface area contributed by atoms with Crippen LogP contribution in [0.1, 0.15) is 20.8 Å². The summed E-state index contributed by atoms with van der Waals surface area (Å²) >= 11 is 0. The number of anilines is 1. The molecule has 0 spiro atoms. The topological polar surface area (TPSA) is 26.7 Å². The Balaban J connectivity index is 2.00. The monoisotopic (exact) mass is 234 g/mol. The number of aromatic hydroxyl groups is 1. The number of benzene rings is 1. The van der Waals surface area contributed by atoms with Crippen LogP contribution in [0.4, 0.5) is 5.69 Å². The maximum absolute atomic E-state index is 9.49. The normalized spacial score (nSPS) is 18.4. The van der Waals surface area contributed by atoms with Crippen molar-refractivity contribution in [1.82, 2.24) is 4.90 Å². The summed E-state index contributed by atoms with van der Waals surface area (Å²) in [6.45, 7) is 11.0. The lowest BCUT2D eigenvalue weighted by molar-refractivity contribution is 0.128. The highest BCUT2D eigenvalue weighted by molar-refractivity contribution is 5.50. The second-order valence-electron chi connectivity index (χ2n) is 5.66. The van der Waals surface area contributed by atoms with Crippen molar-refractivity contribution in [2.75, 3.05) is 31.1 Å². The van der Waals surface area contributed by atoms with Crippen LogP contribution in [0.5, 0.6) is 5.75 Å². The molecule has 94 valence electrons. The molecule has 17 heavy (non-hydrogen) atoms. The van der Waals surface area contributed by atoms with Gasteiger partial charge in [0.1, 0.15) is 5.75 Å². The number of phenolic OH excluding ortho intramolecular Hbond substituents is 1. The minimum Gasteiger partial charge on any atom is -0.508 e. The Hall–Kier alpha value is -1.22. The fourth-order valence-corrected chi connectivity index (χ4v) is 2.33. The number of piperazine rings is 1. The van der Waals surface area contributed by atoms with E-state index in [9.17, 15) is 5.11 Å². The van der Waals surface area contributed by atoms with E-state index in [0.717, 1.165) is 31.9 Å². The van der Waals surface area contributed by atoms with Crippen molar-refractivity contribution in [3.8, 4) is 5.75 Å². The molecule has 0 aromatic heterocycles. The molecule has 0 amide bonds. The van der Waals surface area contributed by atoms with Crippen molar-refractivity contribution >= 4 is 5.69 Å². The van der Waals surface area contributed by atoms with Crippen LogP contribution in [0.2, 0.25) is 0 Å². The van der Waals surface area contributed by atoms with Crippen LogP contribution < -0.4 is 4.90 Å². The van der Waals surface area contributed by atoms with E-state index in [1.807, 2.05) is 12.1 Å². The summed E-state index contributed by atoms with van der Waals surface area (Å²) in [7, 11) is 0. The molecule has 1 N–H and O–H groups in total. The van der Waals surface area contributed by atoms with Gasteiger partial charge < -0.3 is 10.0 Å². The van der Waals surface area contributed by atoms with Crippen molar-refractivity contribution in [1.29, 1.82) is 0 Å². The third-order valence-electron chi connectivity index (χ3n) is 3.42. The van der Waals surface area contributed by atoms with Crippen molar-refractivity contribution in [2.45, 2.75) is 26.3 Å². The van der Waals surface area contributed by atoms with Gasteiger partial charge in [-0.15, -0.1) is 0 Å². The first-order valence-corrected chi connectivity index (χ1v) is 6.26. The zero-order valence-electron chi connectivity index (χ0n) is 11.0. The Kier molecular flexibility index (Phi) is 3.29. The van der Waals surface area contributed by atoms with Crippen LogP contribution in [-0.4, -0.2) is 41.7 Å². The second-order valence-corrected chi connectivity index (χ2v) is 5.66. The van der Waals surface area contributed by atoms with Crippen molar-refractivity contribution in [3.63, 3.8) is 0 Å². The molecule has 0 radical (unpaired) electrons. The molecule has 1 aliphatic heterocycles. The molecule has 0 aliphatic carbocycles. The smallest absolute Gasteiger partial charge is 0.117 e. The van der Waals surface area contributed by atoms with Gasteiger partial charge in [0.05, 0.1) is 0 Å². The molecular weight excluding hydrogens is 212 g/mol. The molecule has 1 aliphatic rings. The van der Waals surface area contributed by atoms with Gasteiger partial charge in [-0.05, 0) is 32.9 Å². The van der Waals surface area contributed by atoms with Crippen LogP contribution >= 0.6 is 0 Å². The fraction of sp³-hybridized carbons (Fsp3) is 0.571. The van der Waals surface area contributed by atoms with Gasteiger partial charge in [-0.1, -0.05) is 6.07 Å². The molecule has 0 saturated carbocycles. The largest absolute Gasteiger partial charge is 0.508 e. The van der Waals surface area contributed by atoms with Gasteiger partial charge in [0, 0.05) is 43.5 Å². The molecule has 3 nitrogen and oxygen atoms in total.